The van der Waals surface area contributed by atoms with Crippen LogP contribution in [0.15, 0.2) is 83.3 Å². The van der Waals surface area contributed by atoms with E-state index in [0.29, 0.717) is 5.13 Å². The number of methoxy groups -OCH3 is 1. The van der Waals surface area contributed by atoms with Crippen molar-refractivity contribution in [3.63, 3.8) is 0 Å². The van der Waals surface area contributed by atoms with Gasteiger partial charge in [0.1, 0.15) is 5.75 Å². The molecule has 31 heavy (non-hydrogen) atoms. The van der Waals surface area contributed by atoms with Crippen molar-refractivity contribution in [2.75, 3.05) is 12.5 Å². The zero-order valence-electron chi connectivity index (χ0n) is 16.6. The van der Waals surface area contributed by atoms with Gasteiger partial charge in [-0.3, -0.25) is 15.5 Å². The molecule has 0 aliphatic rings. The van der Waals surface area contributed by atoms with Gasteiger partial charge in [-0.1, -0.05) is 36.4 Å². The molecule has 1 aromatic heterocycles. The van der Waals surface area contributed by atoms with E-state index in [0.717, 1.165) is 33.7 Å². The van der Waals surface area contributed by atoms with E-state index in [-0.39, 0.29) is 5.69 Å². The summed E-state index contributed by atoms with van der Waals surface area (Å²) in [5.74, 6) is 0.718. The molecule has 0 aliphatic carbocycles. The average Bonchev–Trinajstić information content (AvgIpc) is 3.28. The molecule has 0 fully saturated rings. The van der Waals surface area contributed by atoms with E-state index in [4.69, 9.17) is 4.74 Å². The molecule has 0 bridgehead atoms. The number of anilines is 1. The Morgan fingerprint density at radius 2 is 1.77 bits per heavy atom. The molecule has 1 heterocycles. The normalized spacial score (nSPS) is 10.9. The molecule has 1 N–H and O–H groups in total. The molecule has 154 valence electrons. The highest BCUT2D eigenvalue weighted by molar-refractivity contribution is 7.14. The summed E-state index contributed by atoms with van der Waals surface area (Å²) in [5, 5.41) is 17.6. The Morgan fingerprint density at radius 3 is 2.48 bits per heavy atom. The highest BCUT2D eigenvalue weighted by Gasteiger charge is 2.08. The molecular formula is C23H18N4O3S. The van der Waals surface area contributed by atoms with E-state index < -0.39 is 4.92 Å². The number of hydrogen-bond donors (Lipinski definition) is 1. The van der Waals surface area contributed by atoms with Crippen molar-refractivity contribution < 1.29 is 9.66 Å². The molecule has 0 unspecified atom stereocenters. The first-order chi connectivity index (χ1) is 15.1. The zero-order valence-corrected chi connectivity index (χ0v) is 17.4. The lowest BCUT2D eigenvalue weighted by molar-refractivity contribution is -0.384. The van der Waals surface area contributed by atoms with Gasteiger partial charge in [-0.2, -0.15) is 5.10 Å². The van der Waals surface area contributed by atoms with E-state index in [9.17, 15) is 10.1 Å². The summed E-state index contributed by atoms with van der Waals surface area (Å²) < 4.78 is 5.45. The SMILES string of the molecule is COc1ccc(-c2ccccc2)cc1/C=N/Nc1nc(-c2ccc([N+](=O)[O-])cc2)cs1. The topological polar surface area (TPSA) is 89.7 Å². The minimum atomic E-state index is -0.423. The molecule has 0 spiro atoms. The third-order valence-electron chi connectivity index (χ3n) is 4.58. The van der Waals surface area contributed by atoms with Crippen LogP contribution in [0.25, 0.3) is 22.4 Å². The maximum atomic E-state index is 10.8. The van der Waals surface area contributed by atoms with Crippen molar-refractivity contribution in [2.24, 2.45) is 5.10 Å². The van der Waals surface area contributed by atoms with Crippen molar-refractivity contribution in [2.45, 2.75) is 0 Å². The maximum absolute atomic E-state index is 10.8. The van der Waals surface area contributed by atoms with Gasteiger partial charge in [0.15, 0.2) is 0 Å². The third-order valence-corrected chi connectivity index (χ3v) is 5.33. The number of non-ortho nitro benzene ring substituents is 1. The largest absolute Gasteiger partial charge is 0.496 e. The molecule has 0 saturated heterocycles. The maximum Gasteiger partial charge on any atom is 0.269 e. The first-order valence-electron chi connectivity index (χ1n) is 9.37. The van der Waals surface area contributed by atoms with Gasteiger partial charge in [-0.05, 0) is 35.4 Å². The average molecular weight is 430 g/mol. The van der Waals surface area contributed by atoms with Crippen LogP contribution in [0.5, 0.6) is 5.75 Å². The molecule has 3 aromatic carbocycles. The lowest BCUT2D eigenvalue weighted by atomic mass is 10.0. The molecule has 0 radical (unpaired) electrons. The predicted octanol–water partition coefficient (Wildman–Crippen LogP) is 5.84. The van der Waals surface area contributed by atoms with E-state index in [1.165, 1.54) is 23.5 Å². The van der Waals surface area contributed by atoms with Crippen LogP contribution in [-0.2, 0) is 0 Å². The Balaban J connectivity index is 1.49. The second-order valence-electron chi connectivity index (χ2n) is 6.53. The van der Waals surface area contributed by atoms with Crippen LogP contribution in [0.3, 0.4) is 0 Å². The molecular weight excluding hydrogens is 412 g/mol. The highest BCUT2D eigenvalue weighted by Crippen LogP contribution is 2.27. The van der Waals surface area contributed by atoms with Crippen LogP contribution in [-0.4, -0.2) is 23.2 Å². The fraction of sp³-hybridized carbons (Fsp3) is 0.0435. The number of nitrogens with zero attached hydrogens (tertiary/aromatic N) is 3. The lowest BCUT2D eigenvalue weighted by Crippen LogP contribution is -1.95. The minimum Gasteiger partial charge on any atom is -0.496 e. The van der Waals surface area contributed by atoms with E-state index in [1.807, 2.05) is 41.8 Å². The summed E-state index contributed by atoms with van der Waals surface area (Å²) in [6.07, 6.45) is 1.69. The van der Waals surface area contributed by atoms with Crippen molar-refractivity contribution in [1.29, 1.82) is 0 Å². The van der Waals surface area contributed by atoms with Crippen LogP contribution in [0.1, 0.15) is 5.56 Å². The van der Waals surface area contributed by atoms with Gasteiger partial charge < -0.3 is 4.74 Å². The van der Waals surface area contributed by atoms with E-state index >= 15 is 0 Å². The fourth-order valence-corrected chi connectivity index (χ4v) is 3.68. The third kappa shape index (κ3) is 4.76. The molecule has 0 amide bonds. The molecule has 0 atom stereocenters. The first kappa shape index (κ1) is 20.2. The molecule has 4 rings (SSSR count). The number of benzene rings is 3. The number of nitrogens with one attached hydrogen (secondary N) is 1. The number of hydrogen-bond acceptors (Lipinski definition) is 7. The summed E-state index contributed by atoms with van der Waals surface area (Å²) >= 11 is 1.40. The Kier molecular flexibility index (Phi) is 6.00. The van der Waals surface area contributed by atoms with Crippen molar-refractivity contribution in [3.8, 4) is 28.1 Å². The van der Waals surface area contributed by atoms with Crippen LogP contribution in [0, 0.1) is 10.1 Å². The Morgan fingerprint density at radius 1 is 1.03 bits per heavy atom. The monoisotopic (exact) mass is 430 g/mol. The van der Waals surface area contributed by atoms with Crippen molar-refractivity contribution >= 4 is 28.4 Å². The van der Waals surface area contributed by atoms with Gasteiger partial charge in [0.2, 0.25) is 5.13 Å². The van der Waals surface area contributed by atoms with Gasteiger partial charge in [0, 0.05) is 28.6 Å². The van der Waals surface area contributed by atoms with Gasteiger partial charge in [0.05, 0.1) is 23.9 Å². The molecule has 0 saturated carbocycles. The quantitative estimate of drug-likeness (QED) is 0.226. The first-order valence-corrected chi connectivity index (χ1v) is 10.2. The second kappa shape index (κ2) is 9.19. The van der Waals surface area contributed by atoms with Crippen molar-refractivity contribution in [3.05, 3.63) is 93.9 Å². The van der Waals surface area contributed by atoms with Gasteiger partial charge >= 0.3 is 0 Å². The zero-order chi connectivity index (χ0) is 21.6. The van der Waals surface area contributed by atoms with Crippen LogP contribution >= 0.6 is 11.3 Å². The smallest absolute Gasteiger partial charge is 0.269 e. The van der Waals surface area contributed by atoms with Gasteiger partial charge in [-0.15, -0.1) is 11.3 Å². The number of thiazole rings is 1. The number of nitro groups is 1. The summed E-state index contributed by atoms with van der Waals surface area (Å²) in [5.41, 5.74) is 7.53. The van der Waals surface area contributed by atoms with E-state index in [2.05, 4.69) is 27.6 Å². The number of rotatable bonds is 7. The summed E-state index contributed by atoms with van der Waals surface area (Å²) in [6.45, 7) is 0. The second-order valence-corrected chi connectivity index (χ2v) is 7.39. The Labute approximate surface area is 182 Å². The molecule has 8 heteroatoms. The Hall–Kier alpha value is -4.04. The number of aromatic nitrogens is 1. The number of hydrazone groups is 1. The van der Waals surface area contributed by atoms with Crippen LogP contribution in [0.4, 0.5) is 10.8 Å². The number of nitro benzene ring substituents is 1. The Bertz CT molecular complexity index is 1220. The molecule has 4 aromatic rings. The summed E-state index contributed by atoms with van der Waals surface area (Å²) in [4.78, 5) is 14.9. The fourth-order valence-electron chi connectivity index (χ4n) is 3.01. The summed E-state index contributed by atoms with van der Waals surface area (Å²) in [6, 6.07) is 22.3. The highest BCUT2D eigenvalue weighted by atomic mass is 32.1. The van der Waals surface area contributed by atoms with Gasteiger partial charge in [0.25, 0.3) is 5.69 Å². The summed E-state index contributed by atoms with van der Waals surface area (Å²) in [7, 11) is 1.62. The number of ether oxygens (including phenoxy) is 1. The lowest BCUT2D eigenvalue weighted by Gasteiger charge is -2.08. The minimum absolute atomic E-state index is 0.0496. The van der Waals surface area contributed by atoms with Gasteiger partial charge in [-0.25, -0.2) is 4.98 Å². The van der Waals surface area contributed by atoms with Crippen LogP contribution in [0.2, 0.25) is 0 Å². The molecule has 0 aliphatic heterocycles. The standard InChI is InChI=1S/C23H18N4O3S/c1-30-22-12-9-18(16-5-3-2-4-6-16)13-19(22)14-24-26-23-25-21(15-31-23)17-7-10-20(11-8-17)27(28)29/h2-15H,1H3,(H,25,26)/b24-14+. The van der Waals surface area contributed by atoms with E-state index in [1.54, 1.807) is 25.5 Å². The van der Waals surface area contributed by atoms with Crippen LogP contribution < -0.4 is 10.2 Å². The van der Waals surface area contributed by atoms with Crippen molar-refractivity contribution in [1.82, 2.24) is 4.98 Å². The molecule has 7 nitrogen and oxygen atoms in total. The predicted molar refractivity (Wildman–Crippen MR) is 124 cm³/mol.